The molecule has 3 N–H and O–H groups in total. The maximum atomic E-state index is 12.0. The van der Waals surface area contributed by atoms with Crippen LogP contribution in [0, 0.1) is 17.8 Å². The molecular formula is C20H20ClN3O2. The normalized spacial score (nSPS) is 21.5. The van der Waals surface area contributed by atoms with Crippen LogP contribution < -0.4 is 11.2 Å². The number of carbonyl (C=O) groups excluding carboxylic acids is 1. The number of amides is 1. The van der Waals surface area contributed by atoms with Gasteiger partial charge in [0.15, 0.2) is 0 Å². The molecular weight excluding hydrogens is 350 g/mol. The number of halogens is 1. The molecule has 1 heterocycles. The lowest BCUT2D eigenvalue weighted by Crippen LogP contribution is -2.40. The minimum absolute atomic E-state index is 0.0273. The summed E-state index contributed by atoms with van der Waals surface area (Å²) in [7, 11) is 0. The van der Waals surface area contributed by atoms with E-state index in [0.29, 0.717) is 30.2 Å². The number of nitrogens with two attached hydrogens (primary N) is 1. The Morgan fingerprint density at radius 3 is 3.04 bits per heavy atom. The van der Waals surface area contributed by atoms with Crippen LogP contribution in [-0.4, -0.2) is 24.0 Å². The van der Waals surface area contributed by atoms with E-state index in [1.165, 1.54) is 6.20 Å². The van der Waals surface area contributed by atoms with Crippen LogP contribution in [0.25, 0.3) is 0 Å². The van der Waals surface area contributed by atoms with Crippen LogP contribution in [0.2, 0.25) is 5.02 Å². The number of nitrogens with zero attached hydrogens (tertiary/aromatic N) is 1. The Balaban J connectivity index is 1.61. The number of nitrogens with one attached hydrogen (secondary N) is 1. The van der Waals surface area contributed by atoms with Gasteiger partial charge in [0, 0.05) is 41.7 Å². The summed E-state index contributed by atoms with van der Waals surface area (Å²) in [6.45, 7) is 0.766. The van der Waals surface area contributed by atoms with E-state index in [0.717, 1.165) is 12.0 Å². The number of rotatable bonds is 6. The van der Waals surface area contributed by atoms with Crippen LogP contribution in [0.1, 0.15) is 28.8 Å². The summed E-state index contributed by atoms with van der Waals surface area (Å²) in [5.41, 5.74) is 9.83. The summed E-state index contributed by atoms with van der Waals surface area (Å²) < 4.78 is 0. The highest BCUT2D eigenvalue weighted by Crippen LogP contribution is 2.37. The van der Waals surface area contributed by atoms with Gasteiger partial charge in [0.05, 0.1) is 12.2 Å². The van der Waals surface area contributed by atoms with E-state index in [2.05, 4.69) is 22.3 Å². The molecule has 26 heavy (non-hydrogen) atoms. The van der Waals surface area contributed by atoms with Gasteiger partial charge in [-0.15, -0.1) is 5.92 Å². The van der Waals surface area contributed by atoms with Gasteiger partial charge in [0.25, 0.3) is 5.91 Å². The van der Waals surface area contributed by atoms with Gasteiger partial charge < -0.3 is 5.73 Å². The third-order valence-corrected chi connectivity index (χ3v) is 4.81. The quantitative estimate of drug-likeness (QED) is 0.606. The molecule has 1 aliphatic carbocycles. The number of aromatic nitrogens is 1. The fraction of sp³-hybridized carbons (Fsp3) is 0.300. The van der Waals surface area contributed by atoms with Gasteiger partial charge in [-0.2, -0.15) is 0 Å². The maximum absolute atomic E-state index is 12.0. The lowest BCUT2D eigenvalue weighted by molar-refractivity contribution is 0.0191. The fourth-order valence-electron chi connectivity index (χ4n) is 3.14. The second-order valence-corrected chi connectivity index (χ2v) is 6.81. The second-order valence-electron chi connectivity index (χ2n) is 6.38. The van der Waals surface area contributed by atoms with Crippen LogP contribution in [0.4, 0.5) is 0 Å². The molecule has 0 unspecified atom stereocenters. The number of pyridine rings is 1. The van der Waals surface area contributed by atoms with E-state index in [9.17, 15) is 4.79 Å². The highest BCUT2D eigenvalue weighted by atomic mass is 35.5. The van der Waals surface area contributed by atoms with Gasteiger partial charge in [-0.3, -0.25) is 14.6 Å². The highest BCUT2D eigenvalue weighted by molar-refractivity contribution is 6.30. The Morgan fingerprint density at radius 2 is 2.31 bits per heavy atom. The van der Waals surface area contributed by atoms with Crippen LogP contribution >= 0.6 is 11.6 Å². The molecule has 1 aromatic heterocycles. The van der Waals surface area contributed by atoms with Crippen molar-refractivity contribution in [1.82, 2.24) is 10.5 Å². The van der Waals surface area contributed by atoms with Crippen molar-refractivity contribution in [3.63, 3.8) is 0 Å². The predicted octanol–water partition coefficient (Wildman–Crippen LogP) is 2.71. The van der Waals surface area contributed by atoms with Crippen molar-refractivity contribution in [3.05, 3.63) is 64.9 Å². The Morgan fingerprint density at radius 1 is 1.42 bits per heavy atom. The summed E-state index contributed by atoms with van der Waals surface area (Å²) >= 11 is 6.14. The molecule has 1 aromatic carbocycles. The molecule has 134 valence electrons. The molecule has 6 heteroatoms. The van der Waals surface area contributed by atoms with E-state index in [-0.39, 0.29) is 17.2 Å². The Bertz CT molecular complexity index is 832. The van der Waals surface area contributed by atoms with Crippen molar-refractivity contribution >= 4 is 17.5 Å². The summed E-state index contributed by atoms with van der Waals surface area (Å²) in [4.78, 5) is 21.3. The lowest BCUT2D eigenvalue weighted by atomic mass is 9.69. The van der Waals surface area contributed by atoms with E-state index >= 15 is 0 Å². The molecule has 2 aromatic rings. The lowest BCUT2D eigenvalue weighted by Gasteiger charge is -2.35. The van der Waals surface area contributed by atoms with Crippen molar-refractivity contribution in [3.8, 4) is 11.8 Å². The summed E-state index contributed by atoms with van der Waals surface area (Å²) in [5, 5.41) is 0.686. The summed E-state index contributed by atoms with van der Waals surface area (Å²) in [6, 6.07) is 11.1. The zero-order chi connectivity index (χ0) is 18.4. The zero-order valence-corrected chi connectivity index (χ0v) is 15.0. The molecule has 0 aliphatic heterocycles. The molecule has 0 saturated carbocycles. The average molecular weight is 370 g/mol. The average Bonchev–Trinajstić information content (AvgIpc) is 2.68. The van der Waals surface area contributed by atoms with Crippen molar-refractivity contribution in [1.29, 1.82) is 0 Å². The SMILES string of the molecule is NC[C@]1(c2cccc(Cl)c2)CC#C[C@@H](CONC(=O)c2cccnc2)C1. The van der Waals surface area contributed by atoms with Crippen molar-refractivity contribution in [2.75, 3.05) is 13.2 Å². The summed E-state index contributed by atoms with van der Waals surface area (Å²) in [6.07, 6.45) is 4.52. The third-order valence-electron chi connectivity index (χ3n) is 4.57. The topological polar surface area (TPSA) is 77.2 Å². The molecule has 0 saturated heterocycles. The molecule has 5 nitrogen and oxygen atoms in total. The number of hydroxylamine groups is 1. The van der Waals surface area contributed by atoms with Gasteiger partial charge in [-0.05, 0) is 36.2 Å². The zero-order valence-electron chi connectivity index (χ0n) is 14.2. The van der Waals surface area contributed by atoms with Crippen LogP contribution in [0.15, 0.2) is 48.8 Å². The number of hydrogen-bond acceptors (Lipinski definition) is 4. The first-order chi connectivity index (χ1) is 12.6. The maximum Gasteiger partial charge on any atom is 0.276 e. The second kappa shape index (κ2) is 8.33. The smallest absolute Gasteiger partial charge is 0.276 e. The van der Waals surface area contributed by atoms with E-state index < -0.39 is 0 Å². The van der Waals surface area contributed by atoms with Crippen LogP contribution in [0.5, 0.6) is 0 Å². The number of benzene rings is 1. The standard InChI is InChI=1S/C20H20ClN3O2/c21-18-7-1-6-17(10-18)20(14-22)8-2-4-15(11-20)13-26-24-19(25)16-5-3-9-23-12-16/h1,3,5-7,9-10,12,15H,8,11,13-14,22H2,(H,24,25)/t15-,20+/m1/s1. The van der Waals surface area contributed by atoms with Crippen molar-refractivity contribution in [2.24, 2.45) is 11.7 Å². The fourth-order valence-corrected chi connectivity index (χ4v) is 3.33. The Labute approximate surface area is 157 Å². The van der Waals surface area contributed by atoms with Gasteiger partial charge in [-0.25, -0.2) is 5.48 Å². The van der Waals surface area contributed by atoms with Crippen LogP contribution in [-0.2, 0) is 10.3 Å². The Kier molecular flexibility index (Phi) is 5.89. The monoisotopic (exact) mass is 369 g/mol. The van der Waals surface area contributed by atoms with Gasteiger partial charge >= 0.3 is 0 Å². The molecule has 2 atom stereocenters. The molecule has 0 fully saturated rings. The Hall–Kier alpha value is -2.39. The molecule has 0 bridgehead atoms. The molecule has 3 rings (SSSR count). The summed E-state index contributed by atoms with van der Waals surface area (Å²) in [5.74, 6) is 6.01. The molecule has 1 aliphatic rings. The van der Waals surface area contributed by atoms with Crippen LogP contribution in [0.3, 0.4) is 0 Å². The third kappa shape index (κ3) is 4.23. The highest BCUT2D eigenvalue weighted by Gasteiger charge is 2.35. The first kappa shape index (κ1) is 18.4. The first-order valence-electron chi connectivity index (χ1n) is 8.40. The predicted molar refractivity (Wildman–Crippen MR) is 100 cm³/mol. The van der Waals surface area contributed by atoms with E-state index in [1.54, 1.807) is 18.3 Å². The van der Waals surface area contributed by atoms with E-state index in [1.807, 2.05) is 24.3 Å². The van der Waals surface area contributed by atoms with Gasteiger partial charge in [-0.1, -0.05) is 29.7 Å². The minimum Gasteiger partial charge on any atom is -0.330 e. The molecule has 1 amide bonds. The number of carbonyl (C=O) groups is 1. The largest absolute Gasteiger partial charge is 0.330 e. The molecule has 0 radical (unpaired) electrons. The van der Waals surface area contributed by atoms with Crippen molar-refractivity contribution < 1.29 is 9.63 Å². The van der Waals surface area contributed by atoms with E-state index in [4.69, 9.17) is 22.2 Å². The minimum atomic E-state index is -0.332. The van der Waals surface area contributed by atoms with Gasteiger partial charge in [0.1, 0.15) is 0 Å². The number of hydrogen-bond donors (Lipinski definition) is 2. The van der Waals surface area contributed by atoms with Gasteiger partial charge in [0.2, 0.25) is 0 Å². The molecule has 0 spiro atoms. The van der Waals surface area contributed by atoms with Crippen molar-refractivity contribution in [2.45, 2.75) is 18.3 Å². The first-order valence-corrected chi connectivity index (χ1v) is 8.77.